The largest absolute Gasteiger partial charge is 0.493 e. The first-order valence-electron chi connectivity index (χ1n) is 12.2. The lowest BCUT2D eigenvalue weighted by Crippen LogP contribution is -2.47. The zero-order chi connectivity index (χ0) is 30.1. The van der Waals surface area contributed by atoms with Crippen LogP contribution in [0.3, 0.4) is 0 Å². The van der Waals surface area contributed by atoms with Crippen LogP contribution in [0.15, 0.2) is 64.3 Å². The lowest BCUT2D eigenvalue weighted by Gasteiger charge is -2.30. The molecular formula is C29H26F2N4O6. The predicted molar refractivity (Wildman–Crippen MR) is 148 cm³/mol. The lowest BCUT2D eigenvalue weighted by atomic mass is 9.90. The minimum absolute atomic E-state index is 0.163. The quantitative estimate of drug-likeness (QED) is 0.326. The number of benzene rings is 3. The Morgan fingerprint density at radius 3 is 2.39 bits per heavy atom. The van der Waals surface area contributed by atoms with Crippen molar-refractivity contribution in [3.63, 3.8) is 0 Å². The Labute approximate surface area is 231 Å². The monoisotopic (exact) mass is 564 g/mol. The van der Waals surface area contributed by atoms with Crippen molar-refractivity contribution < 1.29 is 28.2 Å². The highest BCUT2D eigenvalue weighted by Gasteiger charge is 2.42. The van der Waals surface area contributed by atoms with Gasteiger partial charge in [0.25, 0.3) is 0 Å². The van der Waals surface area contributed by atoms with Crippen LogP contribution >= 0.6 is 0 Å². The highest BCUT2D eigenvalue weighted by Crippen LogP contribution is 2.39. The minimum Gasteiger partial charge on any atom is -0.493 e. The van der Waals surface area contributed by atoms with Gasteiger partial charge in [0, 0.05) is 40.2 Å². The van der Waals surface area contributed by atoms with E-state index in [1.165, 1.54) is 20.3 Å². The molecule has 0 aliphatic carbocycles. The molecule has 41 heavy (non-hydrogen) atoms. The molecule has 0 radical (unpaired) electrons. The van der Waals surface area contributed by atoms with Crippen LogP contribution in [0, 0.1) is 25.5 Å². The molecule has 0 aliphatic rings. The molecule has 10 nitrogen and oxygen atoms in total. The average molecular weight is 565 g/mol. The van der Waals surface area contributed by atoms with Crippen molar-refractivity contribution >= 4 is 27.8 Å². The van der Waals surface area contributed by atoms with Crippen molar-refractivity contribution in [3.8, 4) is 11.5 Å². The van der Waals surface area contributed by atoms with Gasteiger partial charge in [-0.2, -0.15) is 4.98 Å². The van der Waals surface area contributed by atoms with Gasteiger partial charge in [-0.1, -0.05) is 24.3 Å². The van der Waals surface area contributed by atoms with Crippen LogP contribution in [0.25, 0.3) is 21.8 Å². The van der Waals surface area contributed by atoms with E-state index in [9.17, 15) is 28.3 Å². The summed E-state index contributed by atoms with van der Waals surface area (Å²) in [5.74, 6) is -2.84. The molecule has 1 unspecified atom stereocenters. The number of hydrogen-bond acceptors (Lipinski definition) is 7. The molecule has 12 heteroatoms. The number of H-pyrrole nitrogens is 1. The van der Waals surface area contributed by atoms with Crippen molar-refractivity contribution in [2.24, 2.45) is 0 Å². The number of methoxy groups -OCH3 is 2. The molecule has 2 aromatic heterocycles. The predicted octanol–water partition coefficient (Wildman–Crippen LogP) is 4.08. The summed E-state index contributed by atoms with van der Waals surface area (Å²) >= 11 is 0. The Kier molecular flexibility index (Phi) is 7.86. The molecule has 5 aromatic rings. The number of ether oxygens (including phenoxy) is 2. The summed E-state index contributed by atoms with van der Waals surface area (Å²) in [6.45, 7) is 4.48. The molecule has 0 aliphatic heterocycles. The summed E-state index contributed by atoms with van der Waals surface area (Å²) in [7, 11) is 2.85. The summed E-state index contributed by atoms with van der Waals surface area (Å²) in [6.07, 6.45) is 1.56. The molecule has 1 atom stereocenters. The molecule has 212 valence electrons. The number of aryl methyl sites for hydroxylation is 2. The maximum Gasteiger partial charge on any atom is 0.349 e. The molecule has 0 fully saturated rings. The number of aromatic amines is 1. The number of rotatable bonds is 5. The third-order valence-corrected chi connectivity index (χ3v) is 6.79. The van der Waals surface area contributed by atoms with E-state index < -0.39 is 34.4 Å². The van der Waals surface area contributed by atoms with Crippen molar-refractivity contribution in [1.82, 2.24) is 19.5 Å². The van der Waals surface area contributed by atoms with E-state index in [0.717, 1.165) is 34.5 Å². The van der Waals surface area contributed by atoms with Gasteiger partial charge in [0.2, 0.25) is 0 Å². The van der Waals surface area contributed by atoms with Crippen LogP contribution in [0.2, 0.25) is 0 Å². The number of carboxylic acid groups (broad SMARTS) is 1. The van der Waals surface area contributed by atoms with Crippen molar-refractivity contribution in [2.75, 3.05) is 14.2 Å². The molecule has 0 bridgehead atoms. The fraction of sp³-hybridized carbons (Fsp3) is 0.207. The number of nitrogens with one attached hydrogen (secondary N) is 1. The average Bonchev–Trinajstić information content (AvgIpc) is 2.92. The Morgan fingerprint density at radius 1 is 1.05 bits per heavy atom. The molecule has 5 rings (SSSR count). The second-order valence-corrected chi connectivity index (χ2v) is 9.22. The van der Waals surface area contributed by atoms with Crippen LogP contribution < -0.4 is 20.9 Å². The highest BCUT2D eigenvalue weighted by molar-refractivity contribution is 5.92. The van der Waals surface area contributed by atoms with E-state index in [4.69, 9.17) is 9.47 Å². The van der Waals surface area contributed by atoms with Crippen LogP contribution in [0.5, 0.6) is 11.5 Å². The zero-order valence-electron chi connectivity index (χ0n) is 22.8. The topological polar surface area (TPSA) is 136 Å². The van der Waals surface area contributed by atoms with Crippen LogP contribution in [0.1, 0.15) is 23.7 Å². The third kappa shape index (κ3) is 5.11. The van der Waals surface area contributed by atoms with Crippen LogP contribution in [-0.4, -0.2) is 44.8 Å². The van der Waals surface area contributed by atoms with Crippen LogP contribution in [0.4, 0.5) is 8.78 Å². The van der Waals surface area contributed by atoms with E-state index in [-0.39, 0.29) is 17.0 Å². The molecule has 0 saturated heterocycles. The first-order chi connectivity index (χ1) is 19.4. The maximum absolute atomic E-state index is 14.7. The van der Waals surface area contributed by atoms with Gasteiger partial charge in [-0.05, 0) is 32.9 Å². The lowest BCUT2D eigenvalue weighted by molar-refractivity contribution is -0.144. The first-order valence-corrected chi connectivity index (χ1v) is 12.2. The first kappa shape index (κ1) is 28.9. The number of halogens is 2. The van der Waals surface area contributed by atoms with Crippen molar-refractivity contribution in [1.29, 1.82) is 0 Å². The van der Waals surface area contributed by atoms with E-state index in [1.807, 2.05) is 24.3 Å². The number of nitrogens with zero attached hydrogens (tertiary/aromatic N) is 3. The minimum atomic E-state index is -2.22. The standard InChI is InChI=1S/C21H20F2N2O5.C8H6N2O/c1-10-17-11(2)24-20(28)25(15(17)9-16(29-4)18(10)30-5)21(3,19(26)27)13-7-6-12(22)8-14(13)23;11-8-9-5-6-3-1-2-4-7(6)10-8/h6-9H,1-5H3,(H,26,27);1-5H,(H,9,10,11). The zero-order valence-corrected chi connectivity index (χ0v) is 22.8. The van der Waals surface area contributed by atoms with Gasteiger partial charge in [-0.25, -0.2) is 28.1 Å². The summed E-state index contributed by atoms with van der Waals surface area (Å²) in [5.41, 5.74) is -1.92. The van der Waals surface area contributed by atoms with Crippen LogP contribution in [-0.2, 0) is 10.3 Å². The number of para-hydroxylation sites is 1. The number of carboxylic acids is 1. The van der Waals surface area contributed by atoms with E-state index in [1.54, 1.807) is 20.0 Å². The van der Waals surface area contributed by atoms with E-state index in [0.29, 0.717) is 28.5 Å². The number of aliphatic carboxylic acids is 1. The molecular weight excluding hydrogens is 538 g/mol. The Morgan fingerprint density at radius 2 is 1.76 bits per heavy atom. The number of hydrogen-bond donors (Lipinski definition) is 2. The molecule has 0 spiro atoms. The Bertz CT molecular complexity index is 1920. The van der Waals surface area contributed by atoms with Crippen molar-refractivity contribution in [3.05, 3.63) is 104 Å². The fourth-order valence-corrected chi connectivity index (χ4v) is 4.79. The second kappa shape index (κ2) is 11.2. The summed E-state index contributed by atoms with van der Waals surface area (Å²) < 4.78 is 39.7. The molecule has 0 saturated carbocycles. The van der Waals surface area contributed by atoms with Gasteiger partial charge >= 0.3 is 17.3 Å². The smallest absolute Gasteiger partial charge is 0.349 e. The van der Waals surface area contributed by atoms with Gasteiger partial charge in [0.15, 0.2) is 17.0 Å². The number of carbonyl (C=O) groups is 1. The number of fused-ring (bicyclic) bond motifs is 2. The van der Waals surface area contributed by atoms with Gasteiger partial charge < -0.3 is 19.6 Å². The van der Waals surface area contributed by atoms with Gasteiger partial charge in [-0.15, -0.1) is 0 Å². The summed E-state index contributed by atoms with van der Waals surface area (Å²) in [4.78, 5) is 46.2. The molecule has 3 aromatic carbocycles. The normalized spacial score (nSPS) is 12.4. The van der Waals surface area contributed by atoms with Gasteiger partial charge in [0.1, 0.15) is 11.6 Å². The number of aromatic nitrogens is 4. The summed E-state index contributed by atoms with van der Waals surface area (Å²) in [5, 5.41) is 11.5. The van der Waals surface area contributed by atoms with Crippen molar-refractivity contribution in [2.45, 2.75) is 26.3 Å². The highest BCUT2D eigenvalue weighted by atomic mass is 19.1. The van der Waals surface area contributed by atoms with Gasteiger partial charge in [0.05, 0.1) is 30.9 Å². The Hall–Kier alpha value is -5.13. The summed E-state index contributed by atoms with van der Waals surface area (Å²) in [6, 6.07) is 11.5. The maximum atomic E-state index is 14.7. The molecule has 0 amide bonds. The second-order valence-electron chi connectivity index (χ2n) is 9.22. The molecule has 2 N–H and O–H groups in total. The van der Waals surface area contributed by atoms with E-state index >= 15 is 0 Å². The Balaban J connectivity index is 0.000000291. The van der Waals surface area contributed by atoms with Gasteiger partial charge in [-0.3, -0.25) is 4.57 Å². The fourth-order valence-electron chi connectivity index (χ4n) is 4.79. The third-order valence-electron chi connectivity index (χ3n) is 6.79. The van der Waals surface area contributed by atoms with E-state index in [2.05, 4.69) is 15.0 Å². The SMILES string of the molecule is COc1cc2c(c(C)nc(=O)n2C(C)(C(=O)O)c2ccc(F)cc2F)c(C)c1OC.O=c1ncc2ccccc2[nH]1. The molecule has 2 heterocycles.